The van der Waals surface area contributed by atoms with E-state index in [2.05, 4.69) is 18.7 Å². The Labute approximate surface area is 107 Å². The molecule has 0 saturated carbocycles. The van der Waals surface area contributed by atoms with E-state index in [1.165, 1.54) is 25.9 Å². The summed E-state index contributed by atoms with van der Waals surface area (Å²) < 4.78 is 5.05. The van der Waals surface area contributed by atoms with Crippen LogP contribution in [0.15, 0.2) is 0 Å². The first kappa shape index (κ1) is 14.9. The molecule has 102 valence electrons. The van der Waals surface area contributed by atoms with Crippen molar-refractivity contribution in [2.45, 2.75) is 45.6 Å². The van der Waals surface area contributed by atoms with Crippen LogP contribution in [0.2, 0.25) is 0 Å². The van der Waals surface area contributed by atoms with Crippen LogP contribution in [-0.4, -0.2) is 44.3 Å². The van der Waals surface area contributed by atoms with Crippen LogP contribution in [0.25, 0.3) is 0 Å². The predicted molar refractivity (Wildman–Crippen MR) is 73.1 cm³/mol. The fourth-order valence-corrected chi connectivity index (χ4v) is 2.71. The molecule has 2 N–H and O–H groups in total. The van der Waals surface area contributed by atoms with Crippen LogP contribution in [-0.2, 0) is 4.74 Å². The van der Waals surface area contributed by atoms with Gasteiger partial charge in [-0.25, -0.2) is 0 Å². The molecule has 0 spiro atoms. The average molecular weight is 242 g/mol. The van der Waals surface area contributed by atoms with Crippen LogP contribution < -0.4 is 5.73 Å². The van der Waals surface area contributed by atoms with Crippen molar-refractivity contribution in [3.8, 4) is 0 Å². The Bertz CT molecular complexity index is 189. The summed E-state index contributed by atoms with van der Waals surface area (Å²) in [6.45, 7) is 9.06. The third-order valence-corrected chi connectivity index (χ3v) is 3.99. The van der Waals surface area contributed by atoms with Gasteiger partial charge in [-0.1, -0.05) is 13.8 Å². The van der Waals surface area contributed by atoms with Crippen molar-refractivity contribution < 1.29 is 4.74 Å². The smallest absolute Gasteiger partial charge is 0.0462 e. The summed E-state index contributed by atoms with van der Waals surface area (Å²) >= 11 is 0. The number of hydrogen-bond acceptors (Lipinski definition) is 3. The van der Waals surface area contributed by atoms with Gasteiger partial charge in [-0.3, -0.25) is 0 Å². The molecule has 1 unspecified atom stereocenters. The van der Waals surface area contributed by atoms with Crippen molar-refractivity contribution in [1.82, 2.24) is 4.90 Å². The summed E-state index contributed by atoms with van der Waals surface area (Å²) in [6.07, 6.45) is 4.86. The molecule has 1 heterocycles. The first-order valence-electron chi connectivity index (χ1n) is 7.10. The Hall–Kier alpha value is -0.120. The van der Waals surface area contributed by atoms with Gasteiger partial charge in [0.15, 0.2) is 0 Å². The molecule has 1 fully saturated rings. The molecule has 1 saturated heterocycles. The minimum atomic E-state index is 0.320. The molecular weight excluding hydrogens is 212 g/mol. The van der Waals surface area contributed by atoms with Gasteiger partial charge in [-0.2, -0.15) is 0 Å². The summed E-state index contributed by atoms with van der Waals surface area (Å²) in [4.78, 5) is 2.54. The number of rotatable bonds is 7. The summed E-state index contributed by atoms with van der Waals surface area (Å²) in [5.74, 6) is 1.77. The SMILES string of the molecule is COCCCC(N)CN1CCC(C(C)C)CC1. The van der Waals surface area contributed by atoms with Crippen molar-refractivity contribution in [3.05, 3.63) is 0 Å². The maximum atomic E-state index is 6.14. The maximum Gasteiger partial charge on any atom is 0.0462 e. The largest absolute Gasteiger partial charge is 0.385 e. The lowest BCUT2D eigenvalue weighted by Crippen LogP contribution is -2.42. The van der Waals surface area contributed by atoms with E-state index in [0.29, 0.717) is 6.04 Å². The minimum Gasteiger partial charge on any atom is -0.385 e. The Morgan fingerprint density at radius 1 is 1.29 bits per heavy atom. The molecule has 1 aliphatic heterocycles. The molecule has 0 aromatic heterocycles. The highest BCUT2D eigenvalue weighted by Crippen LogP contribution is 2.24. The number of nitrogens with zero attached hydrogens (tertiary/aromatic N) is 1. The number of ether oxygens (including phenoxy) is 1. The van der Waals surface area contributed by atoms with E-state index in [9.17, 15) is 0 Å². The topological polar surface area (TPSA) is 38.5 Å². The second-order valence-corrected chi connectivity index (χ2v) is 5.78. The van der Waals surface area contributed by atoms with Gasteiger partial charge in [0.1, 0.15) is 0 Å². The van der Waals surface area contributed by atoms with Gasteiger partial charge in [-0.05, 0) is 50.6 Å². The standard InChI is InChI=1S/C14H30N2O/c1-12(2)13-6-8-16(9-7-13)11-14(15)5-4-10-17-3/h12-14H,4-11,15H2,1-3H3. The van der Waals surface area contributed by atoms with Crippen molar-refractivity contribution in [2.75, 3.05) is 33.4 Å². The van der Waals surface area contributed by atoms with Crippen molar-refractivity contribution in [1.29, 1.82) is 0 Å². The maximum absolute atomic E-state index is 6.14. The lowest BCUT2D eigenvalue weighted by atomic mass is 9.86. The van der Waals surface area contributed by atoms with Gasteiger partial charge in [-0.15, -0.1) is 0 Å². The van der Waals surface area contributed by atoms with Crippen LogP contribution in [0, 0.1) is 11.8 Å². The monoisotopic (exact) mass is 242 g/mol. The fraction of sp³-hybridized carbons (Fsp3) is 1.00. The van der Waals surface area contributed by atoms with Gasteiger partial charge in [0.25, 0.3) is 0 Å². The number of piperidine rings is 1. The van der Waals surface area contributed by atoms with Gasteiger partial charge < -0.3 is 15.4 Å². The fourth-order valence-electron chi connectivity index (χ4n) is 2.71. The highest BCUT2D eigenvalue weighted by molar-refractivity contribution is 4.77. The van der Waals surface area contributed by atoms with Crippen molar-refractivity contribution >= 4 is 0 Å². The molecule has 3 heteroatoms. The molecule has 1 rings (SSSR count). The van der Waals surface area contributed by atoms with E-state index in [1.54, 1.807) is 7.11 Å². The zero-order valence-corrected chi connectivity index (χ0v) is 11.8. The van der Waals surface area contributed by atoms with E-state index < -0.39 is 0 Å². The molecule has 0 aliphatic carbocycles. The summed E-state index contributed by atoms with van der Waals surface area (Å²) in [6, 6.07) is 0.320. The van der Waals surface area contributed by atoms with Crippen LogP contribution >= 0.6 is 0 Å². The van der Waals surface area contributed by atoms with E-state index in [4.69, 9.17) is 10.5 Å². The Morgan fingerprint density at radius 2 is 1.94 bits per heavy atom. The molecule has 0 aromatic carbocycles. The van der Waals surface area contributed by atoms with E-state index in [1.807, 2.05) is 0 Å². The number of nitrogens with two attached hydrogens (primary N) is 1. The van der Waals surface area contributed by atoms with Crippen LogP contribution in [0.3, 0.4) is 0 Å². The quantitative estimate of drug-likeness (QED) is 0.695. The van der Waals surface area contributed by atoms with Crippen LogP contribution in [0.5, 0.6) is 0 Å². The zero-order valence-electron chi connectivity index (χ0n) is 11.8. The molecule has 1 atom stereocenters. The molecule has 3 nitrogen and oxygen atoms in total. The second kappa shape index (κ2) is 8.06. The average Bonchev–Trinajstić information content (AvgIpc) is 2.30. The molecular formula is C14H30N2O. The molecule has 0 aromatic rings. The van der Waals surface area contributed by atoms with Crippen molar-refractivity contribution in [2.24, 2.45) is 17.6 Å². The minimum absolute atomic E-state index is 0.320. The Kier molecular flexibility index (Phi) is 7.09. The first-order valence-corrected chi connectivity index (χ1v) is 7.10. The molecule has 0 bridgehead atoms. The predicted octanol–water partition coefficient (Wildman–Crippen LogP) is 2.11. The summed E-state index contributed by atoms with van der Waals surface area (Å²) in [5.41, 5.74) is 6.14. The zero-order chi connectivity index (χ0) is 12.7. The lowest BCUT2D eigenvalue weighted by molar-refractivity contribution is 0.145. The van der Waals surface area contributed by atoms with Gasteiger partial charge in [0.2, 0.25) is 0 Å². The Morgan fingerprint density at radius 3 is 2.47 bits per heavy atom. The normalized spacial score (nSPS) is 21.0. The highest BCUT2D eigenvalue weighted by Gasteiger charge is 2.22. The van der Waals surface area contributed by atoms with Gasteiger partial charge in [0, 0.05) is 26.3 Å². The Balaban J connectivity index is 2.12. The third kappa shape index (κ3) is 5.84. The molecule has 17 heavy (non-hydrogen) atoms. The van der Waals surface area contributed by atoms with E-state index in [0.717, 1.165) is 37.8 Å². The number of likely N-dealkylation sites (tertiary alicyclic amines) is 1. The van der Waals surface area contributed by atoms with Crippen LogP contribution in [0.4, 0.5) is 0 Å². The van der Waals surface area contributed by atoms with Crippen LogP contribution in [0.1, 0.15) is 39.5 Å². The number of hydrogen-bond donors (Lipinski definition) is 1. The van der Waals surface area contributed by atoms with E-state index >= 15 is 0 Å². The molecule has 0 amide bonds. The second-order valence-electron chi connectivity index (χ2n) is 5.78. The lowest BCUT2D eigenvalue weighted by Gasteiger charge is -2.35. The van der Waals surface area contributed by atoms with Crippen molar-refractivity contribution in [3.63, 3.8) is 0 Å². The summed E-state index contributed by atoms with van der Waals surface area (Å²) in [7, 11) is 1.75. The molecule has 0 radical (unpaired) electrons. The molecule has 1 aliphatic rings. The number of methoxy groups -OCH3 is 1. The van der Waals surface area contributed by atoms with Gasteiger partial charge in [0.05, 0.1) is 0 Å². The first-order chi connectivity index (χ1) is 8.13. The highest BCUT2D eigenvalue weighted by atomic mass is 16.5. The third-order valence-electron chi connectivity index (χ3n) is 3.99. The summed E-state index contributed by atoms with van der Waals surface area (Å²) in [5, 5.41) is 0. The van der Waals surface area contributed by atoms with Gasteiger partial charge >= 0.3 is 0 Å². The van der Waals surface area contributed by atoms with E-state index in [-0.39, 0.29) is 0 Å².